The molecule has 0 amide bonds. The van der Waals surface area contributed by atoms with Crippen molar-refractivity contribution in [1.82, 2.24) is 0 Å². The molecule has 1 aromatic heterocycles. The summed E-state index contributed by atoms with van der Waals surface area (Å²) < 4.78 is 0. The minimum atomic E-state index is 0.126. The van der Waals surface area contributed by atoms with Crippen LogP contribution in [0.3, 0.4) is 0 Å². The highest BCUT2D eigenvalue weighted by Crippen LogP contribution is 2.27. The van der Waals surface area contributed by atoms with Gasteiger partial charge in [-0.15, -0.1) is 0 Å². The molecular formula is C15H15N2O+. The molecule has 3 nitrogen and oxygen atoms in total. The van der Waals surface area contributed by atoms with E-state index in [0.717, 1.165) is 27.5 Å². The van der Waals surface area contributed by atoms with Gasteiger partial charge in [0, 0.05) is 18.7 Å². The summed E-state index contributed by atoms with van der Waals surface area (Å²) in [5.74, 6) is 0. The fourth-order valence-corrected chi connectivity index (χ4v) is 2.28. The van der Waals surface area contributed by atoms with Crippen molar-refractivity contribution < 1.29 is 10.1 Å². The number of aliphatic hydroxyl groups is 1. The zero-order valence-electron chi connectivity index (χ0n) is 9.98. The van der Waals surface area contributed by atoms with Crippen molar-refractivity contribution in [1.29, 1.82) is 0 Å². The number of pyridine rings is 1. The minimum absolute atomic E-state index is 0.126. The zero-order valence-corrected chi connectivity index (χ0v) is 9.98. The first-order valence-electron chi connectivity index (χ1n) is 6.07. The van der Waals surface area contributed by atoms with Gasteiger partial charge in [-0.25, -0.2) is 4.98 Å². The number of aliphatic hydroxyl groups excluding tert-OH is 1. The van der Waals surface area contributed by atoms with Gasteiger partial charge in [0.25, 0.3) is 0 Å². The van der Waals surface area contributed by atoms with Gasteiger partial charge in [0.1, 0.15) is 0 Å². The third-order valence-corrected chi connectivity index (χ3v) is 3.08. The monoisotopic (exact) mass is 239 g/mol. The van der Waals surface area contributed by atoms with E-state index in [0.29, 0.717) is 6.54 Å². The normalized spacial score (nSPS) is 10.9. The molecule has 0 unspecified atom stereocenters. The average molecular weight is 239 g/mol. The molecule has 3 aromatic rings. The van der Waals surface area contributed by atoms with E-state index >= 15 is 0 Å². The number of hydrogen-bond donors (Lipinski definition) is 2. The predicted molar refractivity (Wildman–Crippen MR) is 73.6 cm³/mol. The van der Waals surface area contributed by atoms with Crippen molar-refractivity contribution in [2.24, 2.45) is 0 Å². The van der Waals surface area contributed by atoms with Crippen LogP contribution >= 0.6 is 0 Å². The minimum Gasteiger partial charge on any atom is -0.395 e. The highest BCUT2D eigenvalue weighted by atomic mass is 16.3. The Labute approximate surface area is 105 Å². The maximum absolute atomic E-state index is 9.00. The summed E-state index contributed by atoms with van der Waals surface area (Å²) >= 11 is 0. The molecule has 0 aliphatic heterocycles. The molecule has 0 saturated heterocycles. The van der Waals surface area contributed by atoms with E-state index < -0.39 is 0 Å². The van der Waals surface area contributed by atoms with E-state index in [4.69, 9.17) is 5.11 Å². The lowest BCUT2D eigenvalue weighted by molar-refractivity contribution is -0.310. The number of nitrogens with one attached hydrogen (secondary N) is 2. The highest BCUT2D eigenvalue weighted by Gasteiger charge is 2.12. The number of fused-ring (bicyclic) bond motifs is 2. The lowest BCUT2D eigenvalue weighted by Gasteiger charge is -2.08. The Balaban J connectivity index is 2.34. The van der Waals surface area contributed by atoms with Gasteiger partial charge in [0.2, 0.25) is 11.0 Å². The Bertz CT molecular complexity index is 640. The van der Waals surface area contributed by atoms with Crippen molar-refractivity contribution >= 4 is 27.5 Å². The van der Waals surface area contributed by atoms with Crippen molar-refractivity contribution in [3.05, 3.63) is 48.5 Å². The standard InChI is InChI=1S/C15H14N2O/c18-10-9-16-15-11-5-1-3-7-13(11)17-14-8-4-2-6-12(14)15/h1-8,18H,9-10H2,(H,16,17)/p+1. The molecule has 1 heterocycles. The molecule has 0 bridgehead atoms. The Morgan fingerprint density at radius 2 is 1.44 bits per heavy atom. The van der Waals surface area contributed by atoms with Crippen LogP contribution in [0, 0.1) is 0 Å². The summed E-state index contributed by atoms with van der Waals surface area (Å²) in [4.78, 5) is 3.42. The Morgan fingerprint density at radius 3 is 2.00 bits per heavy atom. The molecule has 90 valence electrons. The van der Waals surface area contributed by atoms with Crippen LogP contribution in [0.1, 0.15) is 0 Å². The molecular weight excluding hydrogens is 224 g/mol. The molecule has 2 aromatic carbocycles. The number of rotatable bonds is 3. The first-order chi connectivity index (χ1) is 8.90. The molecule has 0 saturated carbocycles. The molecule has 3 heteroatoms. The Hall–Kier alpha value is -2.13. The van der Waals surface area contributed by atoms with Crippen LogP contribution in [0.5, 0.6) is 0 Å². The highest BCUT2D eigenvalue weighted by molar-refractivity contribution is 6.04. The van der Waals surface area contributed by atoms with Crippen LogP contribution in [0.25, 0.3) is 21.8 Å². The van der Waals surface area contributed by atoms with E-state index in [1.54, 1.807) is 0 Å². The van der Waals surface area contributed by atoms with Gasteiger partial charge < -0.3 is 10.4 Å². The zero-order chi connectivity index (χ0) is 12.4. The van der Waals surface area contributed by atoms with Gasteiger partial charge in [-0.05, 0) is 12.1 Å². The van der Waals surface area contributed by atoms with Crippen LogP contribution in [0.15, 0.2) is 48.5 Å². The average Bonchev–Trinajstić information content (AvgIpc) is 2.43. The van der Waals surface area contributed by atoms with Crippen LogP contribution in [-0.2, 0) is 0 Å². The summed E-state index contributed by atoms with van der Waals surface area (Å²) in [7, 11) is 0. The van der Waals surface area contributed by atoms with E-state index in [1.807, 2.05) is 24.3 Å². The second kappa shape index (κ2) is 4.63. The molecule has 0 aliphatic carbocycles. The second-order valence-electron chi connectivity index (χ2n) is 4.24. The third kappa shape index (κ3) is 1.79. The lowest BCUT2D eigenvalue weighted by Crippen LogP contribution is -2.11. The number of anilines is 1. The van der Waals surface area contributed by atoms with Crippen molar-refractivity contribution in [2.45, 2.75) is 0 Å². The summed E-state index contributed by atoms with van der Waals surface area (Å²) in [6.45, 7) is 0.680. The number of para-hydroxylation sites is 2. The van der Waals surface area contributed by atoms with Crippen LogP contribution < -0.4 is 10.3 Å². The quantitative estimate of drug-likeness (QED) is 0.688. The van der Waals surface area contributed by atoms with Gasteiger partial charge in [0.15, 0.2) is 0 Å². The number of aromatic nitrogens is 1. The van der Waals surface area contributed by atoms with Crippen LogP contribution in [-0.4, -0.2) is 18.3 Å². The fraction of sp³-hybridized carbons (Fsp3) is 0.133. The Morgan fingerprint density at radius 1 is 0.889 bits per heavy atom. The van der Waals surface area contributed by atoms with Gasteiger partial charge in [0.05, 0.1) is 23.1 Å². The summed E-state index contributed by atoms with van der Waals surface area (Å²) in [5, 5.41) is 14.6. The molecule has 0 atom stereocenters. The summed E-state index contributed by atoms with van der Waals surface area (Å²) in [6, 6.07) is 16.4. The van der Waals surface area contributed by atoms with E-state index in [2.05, 4.69) is 34.6 Å². The topological polar surface area (TPSA) is 46.4 Å². The summed E-state index contributed by atoms with van der Waals surface area (Å²) in [6.07, 6.45) is 0. The van der Waals surface area contributed by atoms with Crippen molar-refractivity contribution in [3.63, 3.8) is 0 Å². The first-order valence-corrected chi connectivity index (χ1v) is 6.07. The molecule has 0 spiro atoms. The molecule has 18 heavy (non-hydrogen) atoms. The Kier molecular flexibility index (Phi) is 2.82. The van der Waals surface area contributed by atoms with Gasteiger partial charge in [-0.3, -0.25) is 0 Å². The SMILES string of the molecule is OCCNc1c2ccccc2[nH+]c2ccccc12. The van der Waals surface area contributed by atoms with E-state index in [1.165, 1.54) is 0 Å². The van der Waals surface area contributed by atoms with Gasteiger partial charge in [-0.1, -0.05) is 24.3 Å². The van der Waals surface area contributed by atoms with Crippen molar-refractivity contribution in [2.75, 3.05) is 18.5 Å². The third-order valence-electron chi connectivity index (χ3n) is 3.08. The van der Waals surface area contributed by atoms with E-state index in [9.17, 15) is 0 Å². The van der Waals surface area contributed by atoms with Crippen LogP contribution in [0.4, 0.5) is 5.69 Å². The second-order valence-corrected chi connectivity index (χ2v) is 4.24. The number of hydrogen-bond acceptors (Lipinski definition) is 2. The first kappa shape index (κ1) is 11.0. The number of H-pyrrole nitrogens is 1. The number of benzene rings is 2. The fourth-order valence-electron chi connectivity index (χ4n) is 2.28. The molecule has 0 aliphatic rings. The predicted octanol–water partition coefficient (Wildman–Crippen LogP) is 2.21. The maximum Gasteiger partial charge on any atom is 0.213 e. The van der Waals surface area contributed by atoms with Crippen LogP contribution in [0.2, 0.25) is 0 Å². The lowest BCUT2D eigenvalue weighted by atomic mass is 10.1. The molecule has 3 N–H and O–H groups in total. The molecule has 3 rings (SSSR count). The maximum atomic E-state index is 9.00. The van der Waals surface area contributed by atoms with Gasteiger partial charge >= 0.3 is 0 Å². The smallest absolute Gasteiger partial charge is 0.213 e. The largest absolute Gasteiger partial charge is 0.395 e. The summed E-state index contributed by atoms with van der Waals surface area (Å²) in [5.41, 5.74) is 3.27. The molecule has 0 radical (unpaired) electrons. The molecule has 0 fully saturated rings. The van der Waals surface area contributed by atoms with Gasteiger partial charge in [-0.2, -0.15) is 0 Å². The number of aromatic amines is 1. The van der Waals surface area contributed by atoms with E-state index in [-0.39, 0.29) is 6.61 Å². The van der Waals surface area contributed by atoms with Crippen molar-refractivity contribution in [3.8, 4) is 0 Å².